The number of rotatable bonds is 8. The van der Waals surface area contributed by atoms with Crippen LogP contribution in [0.25, 0.3) is 0 Å². The van der Waals surface area contributed by atoms with Crippen molar-refractivity contribution >= 4 is 14.0 Å². The van der Waals surface area contributed by atoms with Crippen LogP contribution in [0.15, 0.2) is 24.3 Å². The Balaban J connectivity index is 1.95. The molecule has 1 heterocycles. The van der Waals surface area contributed by atoms with Crippen LogP contribution >= 0.6 is 0 Å². The highest BCUT2D eigenvalue weighted by atomic mass is 28.4. The zero-order valence-electron chi connectivity index (χ0n) is 11.5. The molecule has 0 radical (unpaired) electrons. The zero-order valence-corrected chi connectivity index (χ0v) is 12.5. The van der Waals surface area contributed by atoms with Gasteiger partial charge in [0.15, 0.2) is 0 Å². The summed E-state index contributed by atoms with van der Waals surface area (Å²) < 4.78 is 27.0. The summed E-state index contributed by atoms with van der Waals surface area (Å²) in [5, 5.41) is 0.915. The van der Waals surface area contributed by atoms with Crippen molar-refractivity contribution in [3.8, 4) is 5.75 Å². The van der Waals surface area contributed by atoms with E-state index in [9.17, 15) is 0 Å². The topological polar surface area (TPSA) is 49.5 Å². The molecule has 0 N–H and O–H groups in total. The fourth-order valence-electron chi connectivity index (χ4n) is 1.90. The Labute approximate surface area is 114 Å². The van der Waals surface area contributed by atoms with E-state index in [1.165, 1.54) is 0 Å². The van der Waals surface area contributed by atoms with E-state index in [0.717, 1.165) is 24.0 Å². The van der Waals surface area contributed by atoms with Gasteiger partial charge in [-0.15, -0.1) is 0 Å². The third-order valence-corrected chi connectivity index (χ3v) is 5.78. The maximum atomic E-state index is 5.64. The summed E-state index contributed by atoms with van der Waals surface area (Å²) in [6.45, 7) is 1.54. The molecule has 1 aliphatic heterocycles. The first kappa shape index (κ1) is 14.5. The maximum absolute atomic E-state index is 5.64. The zero-order chi connectivity index (χ0) is 13.7. The lowest BCUT2D eigenvalue weighted by molar-refractivity contribution is 0.140. The minimum atomic E-state index is -2.73. The number of hydrogen-bond donors (Lipinski definition) is 0. The summed E-state index contributed by atoms with van der Waals surface area (Å²) in [5.41, 5.74) is 0. The van der Waals surface area contributed by atoms with E-state index in [1.807, 2.05) is 24.3 Å². The Morgan fingerprint density at radius 1 is 1.11 bits per heavy atom. The molecule has 0 amide bonds. The Morgan fingerprint density at radius 3 is 2.16 bits per heavy atom. The van der Waals surface area contributed by atoms with Gasteiger partial charge < -0.3 is 22.8 Å². The van der Waals surface area contributed by atoms with E-state index < -0.39 is 8.80 Å². The van der Waals surface area contributed by atoms with Crippen LogP contribution in [-0.4, -0.2) is 49.5 Å². The molecule has 1 atom stereocenters. The molecule has 6 heteroatoms. The predicted molar refractivity (Wildman–Crippen MR) is 72.7 cm³/mol. The lowest BCUT2D eigenvalue weighted by Gasteiger charge is -2.24. The van der Waals surface area contributed by atoms with Gasteiger partial charge in [0.05, 0.1) is 19.3 Å². The van der Waals surface area contributed by atoms with Crippen molar-refractivity contribution in [1.82, 2.24) is 0 Å². The highest BCUT2D eigenvalue weighted by Crippen LogP contribution is 2.16. The summed E-state index contributed by atoms with van der Waals surface area (Å²) in [5.74, 6) is 0.829. The molecule has 0 spiro atoms. The van der Waals surface area contributed by atoms with Crippen LogP contribution in [0.1, 0.15) is 6.42 Å². The van der Waals surface area contributed by atoms with Crippen LogP contribution in [0, 0.1) is 0 Å². The molecule has 5 nitrogen and oxygen atoms in total. The smallest absolute Gasteiger partial charge is 0.493 e. The summed E-state index contributed by atoms with van der Waals surface area (Å²) in [6.07, 6.45) is 1.34. The van der Waals surface area contributed by atoms with Gasteiger partial charge in [0.2, 0.25) is 0 Å². The number of ether oxygens (including phenoxy) is 2. The summed E-state index contributed by atoms with van der Waals surface area (Å²) in [4.78, 5) is 0. The summed E-state index contributed by atoms with van der Waals surface area (Å²) in [6, 6.07) is 7.65. The number of epoxide rings is 1. The van der Waals surface area contributed by atoms with Crippen LogP contribution in [0.3, 0.4) is 0 Å². The van der Waals surface area contributed by atoms with E-state index in [4.69, 9.17) is 22.8 Å². The van der Waals surface area contributed by atoms with Gasteiger partial charge >= 0.3 is 8.80 Å². The molecular formula is C13H20O5Si. The SMILES string of the molecule is CO[Si](OC)(OC)c1ccc(OCCC2CO2)cc1. The fraction of sp³-hybridized carbons (Fsp3) is 0.538. The first-order chi connectivity index (χ1) is 9.24. The van der Waals surface area contributed by atoms with Gasteiger partial charge in [0, 0.05) is 32.9 Å². The second kappa shape index (κ2) is 6.49. The van der Waals surface area contributed by atoms with Crippen molar-refractivity contribution in [1.29, 1.82) is 0 Å². The lowest BCUT2D eigenvalue weighted by atomic mass is 10.3. The van der Waals surface area contributed by atoms with Gasteiger partial charge in [-0.05, 0) is 12.1 Å². The van der Waals surface area contributed by atoms with Crippen molar-refractivity contribution < 1.29 is 22.8 Å². The van der Waals surface area contributed by atoms with Crippen molar-refractivity contribution in [2.24, 2.45) is 0 Å². The van der Waals surface area contributed by atoms with Crippen LogP contribution in [0.5, 0.6) is 5.75 Å². The Morgan fingerprint density at radius 2 is 1.68 bits per heavy atom. The Hall–Kier alpha value is -0.923. The summed E-state index contributed by atoms with van der Waals surface area (Å²) >= 11 is 0. The average molecular weight is 284 g/mol. The fourth-order valence-corrected chi connectivity index (χ4v) is 3.68. The molecule has 1 aromatic carbocycles. The van der Waals surface area contributed by atoms with Gasteiger partial charge in [0.25, 0.3) is 0 Å². The van der Waals surface area contributed by atoms with E-state index in [2.05, 4.69) is 0 Å². The van der Waals surface area contributed by atoms with Gasteiger partial charge in [-0.25, -0.2) is 0 Å². The van der Waals surface area contributed by atoms with Crippen molar-refractivity contribution in [2.75, 3.05) is 34.5 Å². The maximum Gasteiger partial charge on any atom is 0.536 e. The third kappa shape index (κ3) is 3.55. The predicted octanol–water partition coefficient (Wildman–Crippen LogP) is 0.939. The Bertz CT molecular complexity index is 378. The molecule has 19 heavy (non-hydrogen) atoms. The van der Waals surface area contributed by atoms with E-state index in [0.29, 0.717) is 12.7 Å². The first-order valence-corrected chi connectivity index (χ1v) is 7.97. The molecule has 0 aromatic heterocycles. The highest BCUT2D eigenvalue weighted by Gasteiger charge is 2.40. The molecule has 1 fully saturated rings. The van der Waals surface area contributed by atoms with Crippen LogP contribution in [0.4, 0.5) is 0 Å². The number of hydrogen-bond acceptors (Lipinski definition) is 5. The normalized spacial score (nSPS) is 18.4. The second-order valence-electron chi connectivity index (χ2n) is 4.29. The average Bonchev–Trinajstić information content (AvgIpc) is 3.27. The van der Waals surface area contributed by atoms with E-state index in [1.54, 1.807) is 21.3 Å². The first-order valence-electron chi connectivity index (χ1n) is 6.24. The van der Waals surface area contributed by atoms with Crippen molar-refractivity contribution in [3.63, 3.8) is 0 Å². The van der Waals surface area contributed by atoms with E-state index in [-0.39, 0.29) is 0 Å². The van der Waals surface area contributed by atoms with Crippen molar-refractivity contribution in [3.05, 3.63) is 24.3 Å². The van der Waals surface area contributed by atoms with Gasteiger partial charge in [-0.2, -0.15) is 0 Å². The standard InChI is InChI=1S/C13H20O5Si/c1-14-19(15-2,16-3)13-6-4-11(5-7-13)17-9-8-12-10-18-12/h4-7,12H,8-10H2,1-3H3. The molecular weight excluding hydrogens is 264 g/mol. The molecule has 1 unspecified atom stereocenters. The van der Waals surface area contributed by atoms with Gasteiger partial charge in [0.1, 0.15) is 5.75 Å². The van der Waals surface area contributed by atoms with Crippen LogP contribution in [0.2, 0.25) is 0 Å². The van der Waals surface area contributed by atoms with Gasteiger partial charge in [-0.3, -0.25) is 0 Å². The lowest BCUT2D eigenvalue weighted by Crippen LogP contribution is -2.54. The molecule has 0 saturated carbocycles. The molecule has 0 aliphatic carbocycles. The second-order valence-corrected chi connectivity index (χ2v) is 7.20. The molecule has 1 aromatic rings. The van der Waals surface area contributed by atoms with Crippen molar-refractivity contribution in [2.45, 2.75) is 12.5 Å². The summed E-state index contributed by atoms with van der Waals surface area (Å²) in [7, 11) is 2.06. The monoisotopic (exact) mass is 284 g/mol. The van der Waals surface area contributed by atoms with E-state index >= 15 is 0 Å². The number of benzene rings is 1. The molecule has 1 saturated heterocycles. The van der Waals surface area contributed by atoms with Gasteiger partial charge in [-0.1, -0.05) is 12.1 Å². The third-order valence-electron chi connectivity index (χ3n) is 3.12. The van der Waals surface area contributed by atoms with Crippen LogP contribution in [-0.2, 0) is 18.0 Å². The molecule has 0 bridgehead atoms. The largest absolute Gasteiger partial charge is 0.536 e. The highest BCUT2D eigenvalue weighted by molar-refractivity contribution is 6.75. The molecule has 1 aliphatic rings. The minimum Gasteiger partial charge on any atom is -0.493 e. The molecule has 106 valence electrons. The quantitative estimate of drug-likeness (QED) is 0.525. The van der Waals surface area contributed by atoms with Crippen LogP contribution < -0.4 is 9.92 Å². The Kier molecular flexibility index (Phi) is 4.95. The molecule has 2 rings (SSSR count). The minimum absolute atomic E-state index is 0.398.